The van der Waals surface area contributed by atoms with Gasteiger partial charge in [0.1, 0.15) is 0 Å². The van der Waals surface area contributed by atoms with Crippen molar-refractivity contribution in [3.8, 4) is 0 Å². The lowest BCUT2D eigenvalue weighted by Crippen LogP contribution is -2.45. The molecule has 0 aromatic heterocycles. The van der Waals surface area contributed by atoms with Gasteiger partial charge in [0, 0.05) is 10.0 Å². The average Bonchev–Trinajstić information content (AvgIpc) is 2.33. The van der Waals surface area contributed by atoms with Crippen molar-refractivity contribution >= 4 is 15.9 Å². The highest BCUT2D eigenvalue weighted by Crippen LogP contribution is 2.34. The third-order valence-electron chi connectivity index (χ3n) is 4.15. The van der Waals surface area contributed by atoms with Crippen molar-refractivity contribution in [1.82, 2.24) is 0 Å². The summed E-state index contributed by atoms with van der Waals surface area (Å²) in [5.41, 5.74) is 7.94. The van der Waals surface area contributed by atoms with E-state index in [1.807, 2.05) is 0 Å². The Bertz CT molecular complexity index is 350. The molecule has 94 valence electrons. The number of hydrogen-bond acceptors (Lipinski definition) is 1. The lowest BCUT2D eigenvalue weighted by molar-refractivity contribution is 0.228. The molecule has 0 unspecified atom stereocenters. The maximum Gasteiger partial charge on any atom is 0.0195 e. The van der Waals surface area contributed by atoms with Crippen LogP contribution in [0.2, 0.25) is 0 Å². The molecule has 1 saturated carbocycles. The van der Waals surface area contributed by atoms with E-state index in [-0.39, 0.29) is 5.54 Å². The molecule has 0 radical (unpaired) electrons. The summed E-state index contributed by atoms with van der Waals surface area (Å²) in [6.45, 7) is 2.29. The summed E-state index contributed by atoms with van der Waals surface area (Å²) < 4.78 is 1.14. The summed E-state index contributed by atoms with van der Waals surface area (Å²) in [6.07, 6.45) is 7.32. The quantitative estimate of drug-likeness (QED) is 0.884. The molecule has 0 amide bonds. The Kier molecular flexibility index (Phi) is 4.26. The van der Waals surface area contributed by atoms with E-state index >= 15 is 0 Å². The second-order valence-electron chi connectivity index (χ2n) is 5.52. The molecule has 17 heavy (non-hydrogen) atoms. The fourth-order valence-corrected chi connectivity index (χ4v) is 3.11. The SMILES string of the molecule is CCC1CCC(N)(Cc2ccc(Br)cc2)CC1. The van der Waals surface area contributed by atoms with Gasteiger partial charge in [-0.1, -0.05) is 41.4 Å². The van der Waals surface area contributed by atoms with Crippen LogP contribution in [0, 0.1) is 5.92 Å². The van der Waals surface area contributed by atoms with Crippen LogP contribution in [-0.2, 0) is 6.42 Å². The van der Waals surface area contributed by atoms with Crippen molar-refractivity contribution in [2.45, 2.75) is 51.0 Å². The normalized spacial score (nSPS) is 29.2. The molecule has 0 atom stereocenters. The Balaban J connectivity index is 1.96. The number of nitrogens with two attached hydrogens (primary N) is 1. The second kappa shape index (κ2) is 5.53. The van der Waals surface area contributed by atoms with Gasteiger partial charge in [-0.2, -0.15) is 0 Å². The van der Waals surface area contributed by atoms with Gasteiger partial charge in [0.15, 0.2) is 0 Å². The van der Waals surface area contributed by atoms with E-state index in [1.54, 1.807) is 0 Å². The van der Waals surface area contributed by atoms with Gasteiger partial charge in [-0.25, -0.2) is 0 Å². The molecule has 1 nitrogen and oxygen atoms in total. The first-order valence-corrected chi connectivity index (χ1v) is 7.44. The van der Waals surface area contributed by atoms with Crippen molar-refractivity contribution in [1.29, 1.82) is 0 Å². The summed E-state index contributed by atoms with van der Waals surface area (Å²) in [5.74, 6) is 0.914. The van der Waals surface area contributed by atoms with Crippen LogP contribution in [0.15, 0.2) is 28.7 Å². The summed E-state index contributed by atoms with van der Waals surface area (Å²) >= 11 is 3.47. The van der Waals surface area contributed by atoms with Gasteiger partial charge >= 0.3 is 0 Å². The van der Waals surface area contributed by atoms with Gasteiger partial charge in [0.2, 0.25) is 0 Å². The molecule has 1 fully saturated rings. The van der Waals surface area contributed by atoms with Crippen LogP contribution in [0.5, 0.6) is 0 Å². The molecule has 2 heteroatoms. The molecule has 0 bridgehead atoms. The van der Waals surface area contributed by atoms with Crippen LogP contribution in [0.1, 0.15) is 44.6 Å². The van der Waals surface area contributed by atoms with Gasteiger partial charge in [-0.3, -0.25) is 0 Å². The molecule has 0 saturated heterocycles. The first kappa shape index (κ1) is 13.1. The first-order chi connectivity index (χ1) is 8.11. The molecule has 1 aliphatic rings. The van der Waals surface area contributed by atoms with Crippen molar-refractivity contribution in [2.24, 2.45) is 11.7 Å². The molecule has 1 aromatic carbocycles. The van der Waals surface area contributed by atoms with Gasteiger partial charge in [-0.05, 0) is 55.7 Å². The van der Waals surface area contributed by atoms with Gasteiger partial charge in [-0.15, -0.1) is 0 Å². The number of rotatable bonds is 3. The van der Waals surface area contributed by atoms with E-state index < -0.39 is 0 Å². The number of benzene rings is 1. The fraction of sp³-hybridized carbons (Fsp3) is 0.600. The average molecular weight is 296 g/mol. The molecular weight excluding hydrogens is 274 g/mol. The highest BCUT2D eigenvalue weighted by molar-refractivity contribution is 9.10. The fourth-order valence-electron chi connectivity index (χ4n) is 2.85. The van der Waals surface area contributed by atoms with Crippen molar-refractivity contribution < 1.29 is 0 Å². The van der Waals surface area contributed by atoms with Gasteiger partial charge in [0.05, 0.1) is 0 Å². The molecule has 2 rings (SSSR count). The van der Waals surface area contributed by atoms with Crippen molar-refractivity contribution in [3.63, 3.8) is 0 Å². The molecule has 1 aromatic rings. The zero-order valence-corrected chi connectivity index (χ0v) is 12.2. The summed E-state index contributed by atoms with van der Waals surface area (Å²) in [4.78, 5) is 0. The van der Waals surface area contributed by atoms with E-state index in [1.165, 1.54) is 37.7 Å². The number of halogens is 1. The van der Waals surface area contributed by atoms with Crippen LogP contribution in [-0.4, -0.2) is 5.54 Å². The highest BCUT2D eigenvalue weighted by atomic mass is 79.9. The van der Waals surface area contributed by atoms with E-state index in [0.717, 1.165) is 16.8 Å². The zero-order chi connectivity index (χ0) is 12.3. The second-order valence-corrected chi connectivity index (χ2v) is 6.43. The summed E-state index contributed by atoms with van der Waals surface area (Å²) in [7, 11) is 0. The van der Waals surface area contributed by atoms with Crippen LogP contribution >= 0.6 is 15.9 Å². The van der Waals surface area contributed by atoms with E-state index in [2.05, 4.69) is 47.1 Å². The van der Waals surface area contributed by atoms with Gasteiger partial charge in [0.25, 0.3) is 0 Å². The Labute approximate surface area is 113 Å². The van der Waals surface area contributed by atoms with Crippen LogP contribution in [0.25, 0.3) is 0 Å². The Morgan fingerprint density at radius 2 is 1.82 bits per heavy atom. The Morgan fingerprint density at radius 1 is 1.24 bits per heavy atom. The first-order valence-electron chi connectivity index (χ1n) is 6.65. The lowest BCUT2D eigenvalue weighted by atomic mass is 9.73. The molecular formula is C15H22BrN. The van der Waals surface area contributed by atoms with E-state index in [0.29, 0.717) is 0 Å². The maximum absolute atomic E-state index is 6.53. The zero-order valence-electron chi connectivity index (χ0n) is 10.6. The van der Waals surface area contributed by atoms with Gasteiger partial charge < -0.3 is 5.73 Å². The summed E-state index contributed by atoms with van der Waals surface area (Å²) in [6, 6.07) is 8.59. The van der Waals surface area contributed by atoms with Crippen molar-refractivity contribution in [2.75, 3.05) is 0 Å². The number of hydrogen-bond donors (Lipinski definition) is 1. The molecule has 0 aliphatic heterocycles. The smallest absolute Gasteiger partial charge is 0.0195 e. The van der Waals surface area contributed by atoms with E-state index in [9.17, 15) is 0 Å². The predicted molar refractivity (Wildman–Crippen MR) is 77.0 cm³/mol. The Morgan fingerprint density at radius 3 is 2.35 bits per heavy atom. The van der Waals surface area contributed by atoms with Crippen molar-refractivity contribution in [3.05, 3.63) is 34.3 Å². The monoisotopic (exact) mass is 295 g/mol. The minimum absolute atomic E-state index is 0.0412. The van der Waals surface area contributed by atoms with Crippen LogP contribution in [0.4, 0.5) is 0 Å². The molecule has 1 aliphatic carbocycles. The Hall–Kier alpha value is -0.340. The standard InChI is InChI=1S/C15H22BrN/c1-2-12-7-9-15(17,10-8-12)11-13-3-5-14(16)6-4-13/h3-6,12H,2,7-11,17H2,1H3. The van der Waals surface area contributed by atoms with Crippen LogP contribution in [0.3, 0.4) is 0 Å². The predicted octanol–water partition coefficient (Wildman–Crippen LogP) is 4.29. The minimum Gasteiger partial charge on any atom is -0.325 e. The minimum atomic E-state index is 0.0412. The maximum atomic E-state index is 6.53. The third kappa shape index (κ3) is 3.56. The molecule has 0 heterocycles. The largest absolute Gasteiger partial charge is 0.325 e. The topological polar surface area (TPSA) is 26.0 Å². The molecule has 0 spiro atoms. The third-order valence-corrected chi connectivity index (χ3v) is 4.68. The summed E-state index contributed by atoms with van der Waals surface area (Å²) in [5, 5.41) is 0. The highest BCUT2D eigenvalue weighted by Gasteiger charge is 2.30. The van der Waals surface area contributed by atoms with Crippen LogP contribution < -0.4 is 5.73 Å². The molecule has 2 N–H and O–H groups in total. The lowest BCUT2D eigenvalue weighted by Gasteiger charge is -2.37. The van der Waals surface area contributed by atoms with E-state index in [4.69, 9.17) is 5.73 Å².